The van der Waals surface area contributed by atoms with Crippen molar-refractivity contribution in [2.24, 2.45) is 4.99 Å². The molecule has 0 unspecified atom stereocenters. The van der Waals surface area contributed by atoms with Gasteiger partial charge in [-0.2, -0.15) is 0 Å². The smallest absolute Gasteiger partial charge is 0.277 e. The number of aromatic nitrogens is 2. The number of hydrogen-bond acceptors (Lipinski definition) is 6. The predicted molar refractivity (Wildman–Crippen MR) is 134 cm³/mol. The lowest BCUT2D eigenvalue weighted by molar-refractivity contribution is -0.113. The number of anilines is 1. The summed E-state index contributed by atoms with van der Waals surface area (Å²) in [7, 11) is 0. The van der Waals surface area contributed by atoms with E-state index in [0.29, 0.717) is 11.1 Å². The molecule has 3 aromatic carbocycles. The van der Waals surface area contributed by atoms with Gasteiger partial charge in [-0.1, -0.05) is 65.9 Å². The first kappa shape index (κ1) is 22.2. The largest absolute Gasteiger partial charge is 0.411 e. The van der Waals surface area contributed by atoms with E-state index in [2.05, 4.69) is 20.5 Å². The average Bonchev–Trinajstić information content (AvgIpc) is 3.32. The maximum Gasteiger partial charge on any atom is 0.277 e. The summed E-state index contributed by atoms with van der Waals surface area (Å²) in [5.74, 6) is 0.447. The second-order valence-electron chi connectivity index (χ2n) is 7.17. The van der Waals surface area contributed by atoms with Crippen molar-refractivity contribution >= 4 is 41.3 Å². The lowest BCUT2D eigenvalue weighted by Crippen LogP contribution is -2.13. The number of rotatable bonds is 8. The maximum absolute atomic E-state index is 12.1. The summed E-state index contributed by atoms with van der Waals surface area (Å²) in [5.41, 5.74) is 4.63. The summed E-state index contributed by atoms with van der Waals surface area (Å²) in [4.78, 5) is 16.6. The van der Waals surface area contributed by atoms with Crippen LogP contribution in [0, 0.1) is 6.92 Å². The third kappa shape index (κ3) is 6.75. The first-order valence-corrected chi connectivity index (χ1v) is 11.3. The topological polar surface area (TPSA) is 80.4 Å². The Balaban J connectivity index is 1.29. The quantitative estimate of drug-likeness (QED) is 0.254. The molecule has 4 aromatic rings. The van der Waals surface area contributed by atoms with Gasteiger partial charge in [0.25, 0.3) is 5.22 Å². The summed E-state index contributed by atoms with van der Waals surface area (Å²) >= 11 is 1.20. The third-order valence-corrected chi connectivity index (χ3v) is 5.40. The lowest BCUT2D eigenvalue weighted by atomic mass is 10.2. The number of nitrogens with one attached hydrogen (secondary N) is 1. The van der Waals surface area contributed by atoms with Crippen LogP contribution in [0.5, 0.6) is 0 Å². The van der Waals surface area contributed by atoms with Crippen LogP contribution in [0.25, 0.3) is 17.5 Å². The van der Waals surface area contributed by atoms with Gasteiger partial charge in [0.15, 0.2) is 0 Å². The number of aliphatic imine (C=N–C) groups is 1. The highest BCUT2D eigenvalue weighted by Gasteiger charge is 2.11. The zero-order valence-corrected chi connectivity index (χ0v) is 18.8. The maximum atomic E-state index is 12.1. The first-order valence-electron chi connectivity index (χ1n) is 10.3. The van der Waals surface area contributed by atoms with Gasteiger partial charge in [-0.3, -0.25) is 9.79 Å². The Hall–Kier alpha value is -3.97. The highest BCUT2D eigenvalue weighted by molar-refractivity contribution is 7.99. The molecule has 0 saturated heterocycles. The molecule has 1 N–H and O–H groups in total. The average molecular weight is 455 g/mol. The number of amides is 1. The number of aryl methyl sites for hydroxylation is 1. The number of carbonyl (C=O) groups excluding carboxylic acids is 1. The highest BCUT2D eigenvalue weighted by Crippen LogP contribution is 2.25. The van der Waals surface area contributed by atoms with Crippen LogP contribution in [-0.2, 0) is 4.79 Å². The van der Waals surface area contributed by atoms with Crippen LogP contribution in [0.1, 0.15) is 11.1 Å². The summed E-state index contributed by atoms with van der Waals surface area (Å²) < 4.78 is 5.68. The van der Waals surface area contributed by atoms with Crippen LogP contribution in [0.2, 0.25) is 0 Å². The minimum Gasteiger partial charge on any atom is -0.411 e. The number of thioether (sulfide) groups is 1. The summed E-state index contributed by atoms with van der Waals surface area (Å²) in [6.07, 6.45) is 5.65. The molecule has 33 heavy (non-hydrogen) atoms. The zero-order valence-electron chi connectivity index (χ0n) is 18.0. The Morgan fingerprint density at radius 1 is 1.00 bits per heavy atom. The van der Waals surface area contributed by atoms with Crippen molar-refractivity contribution in [3.05, 3.63) is 96.1 Å². The van der Waals surface area contributed by atoms with E-state index in [9.17, 15) is 4.79 Å². The van der Waals surface area contributed by atoms with E-state index in [4.69, 9.17) is 4.42 Å². The molecule has 0 aliphatic heterocycles. The van der Waals surface area contributed by atoms with Gasteiger partial charge in [0, 0.05) is 17.5 Å². The van der Waals surface area contributed by atoms with E-state index < -0.39 is 0 Å². The van der Waals surface area contributed by atoms with Crippen molar-refractivity contribution in [1.29, 1.82) is 0 Å². The second-order valence-corrected chi connectivity index (χ2v) is 8.10. The molecule has 164 valence electrons. The fourth-order valence-electron chi connectivity index (χ4n) is 2.88. The molecule has 0 bridgehead atoms. The molecule has 0 atom stereocenters. The number of nitrogens with zero attached hydrogens (tertiary/aromatic N) is 3. The Morgan fingerprint density at radius 2 is 1.76 bits per heavy atom. The van der Waals surface area contributed by atoms with E-state index in [1.807, 2.05) is 97.9 Å². The van der Waals surface area contributed by atoms with Gasteiger partial charge >= 0.3 is 0 Å². The molecule has 1 aromatic heterocycles. The van der Waals surface area contributed by atoms with E-state index >= 15 is 0 Å². The molecule has 1 heterocycles. The second kappa shape index (κ2) is 11.1. The van der Waals surface area contributed by atoms with Crippen LogP contribution in [0.3, 0.4) is 0 Å². The summed E-state index contributed by atoms with van der Waals surface area (Å²) in [6, 6.07) is 25.2. The number of hydrogen-bond donors (Lipinski definition) is 1. The van der Waals surface area contributed by atoms with E-state index in [0.717, 1.165) is 28.1 Å². The van der Waals surface area contributed by atoms with Crippen LogP contribution >= 0.6 is 11.8 Å². The third-order valence-electron chi connectivity index (χ3n) is 4.58. The molecule has 1 amide bonds. The lowest BCUT2D eigenvalue weighted by Gasteiger charge is -2.04. The van der Waals surface area contributed by atoms with Gasteiger partial charge in [-0.25, -0.2) is 0 Å². The van der Waals surface area contributed by atoms with E-state index in [1.165, 1.54) is 11.8 Å². The molecule has 6 nitrogen and oxygen atoms in total. The van der Waals surface area contributed by atoms with Crippen LogP contribution in [0.15, 0.2) is 99.6 Å². The molecular formula is C26H22N4O2S. The fraction of sp³-hybridized carbons (Fsp3) is 0.0769. The molecule has 7 heteroatoms. The Bertz CT molecular complexity index is 1250. The fourth-order valence-corrected chi connectivity index (χ4v) is 3.45. The molecule has 0 radical (unpaired) electrons. The monoisotopic (exact) mass is 454 g/mol. The van der Waals surface area contributed by atoms with Crippen LogP contribution in [0.4, 0.5) is 11.4 Å². The molecule has 0 aliphatic carbocycles. The van der Waals surface area contributed by atoms with E-state index in [-0.39, 0.29) is 11.7 Å². The van der Waals surface area contributed by atoms with Gasteiger partial charge in [-0.15, -0.1) is 10.2 Å². The molecule has 0 fully saturated rings. The SMILES string of the molecule is Cc1ccc(NC(=O)CSc2nnc(-c3ccc(N=C/C=C/c4ccccc4)cc3)o2)cc1. The Labute approximate surface area is 196 Å². The molecular weight excluding hydrogens is 432 g/mol. The molecule has 4 rings (SSSR count). The minimum absolute atomic E-state index is 0.132. The van der Waals surface area contributed by atoms with Gasteiger partial charge in [0.2, 0.25) is 11.8 Å². The normalized spacial score (nSPS) is 11.3. The van der Waals surface area contributed by atoms with Crippen molar-refractivity contribution in [2.45, 2.75) is 12.1 Å². The van der Waals surface area contributed by atoms with Crippen LogP contribution in [-0.4, -0.2) is 28.1 Å². The highest BCUT2D eigenvalue weighted by atomic mass is 32.2. The summed E-state index contributed by atoms with van der Waals surface area (Å²) in [5, 5.41) is 11.3. The van der Waals surface area contributed by atoms with Crippen molar-refractivity contribution in [1.82, 2.24) is 10.2 Å². The number of carbonyl (C=O) groups is 1. The molecule has 0 aliphatic rings. The minimum atomic E-state index is -0.132. The van der Waals surface area contributed by atoms with Gasteiger partial charge < -0.3 is 9.73 Å². The number of allylic oxidation sites excluding steroid dienone is 1. The van der Waals surface area contributed by atoms with Crippen LogP contribution < -0.4 is 5.32 Å². The summed E-state index contributed by atoms with van der Waals surface area (Å²) in [6.45, 7) is 2.00. The van der Waals surface area contributed by atoms with Gasteiger partial charge in [0.1, 0.15) is 0 Å². The van der Waals surface area contributed by atoms with Crippen molar-refractivity contribution in [2.75, 3.05) is 11.1 Å². The van der Waals surface area contributed by atoms with Gasteiger partial charge in [0.05, 0.1) is 11.4 Å². The number of benzene rings is 3. The van der Waals surface area contributed by atoms with Crippen molar-refractivity contribution < 1.29 is 9.21 Å². The standard InChI is InChI=1S/C26H22N4O2S/c1-19-9-13-23(14-10-19)28-24(31)18-33-26-30-29-25(32-26)21-11-15-22(16-12-21)27-17-5-8-20-6-3-2-4-7-20/h2-17H,18H2,1H3,(H,28,31)/b8-5+,27-17?. The van der Waals surface area contributed by atoms with Gasteiger partial charge in [-0.05, 0) is 55.0 Å². The Morgan fingerprint density at radius 3 is 2.52 bits per heavy atom. The Kier molecular flexibility index (Phi) is 7.45. The predicted octanol–water partition coefficient (Wildman–Crippen LogP) is 6.19. The zero-order chi connectivity index (χ0) is 22.9. The molecule has 0 saturated carbocycles. The van der Waals surface area contributed by atoms with Crippen molar-refractivity contribution in [3.63, 3.8) is 0 Å². The van der Waals surface area contributed by atoms with E-state index in [1.54, 1.807) is 6.21 Å². The first-order chi connectivity index (χ1) is 16.2. The molecule has 0 spiro atoms. The van der Waals surface area contributed by atoms with Crippen molar-refractivity contribution in [3.8, 4) is 11.5 Å².